The van der Waals surface area contributed by atoms with E-state index in [9.17, 15) is 13.2 Å². The van der Waals surface area contributed by atoms with Crippen molar-refractivity contribution in [3.63, 3.8) is 0 Å². The van der Waals surface area contributed by atoms with Gasteiger partial charge in [-0.15, -0.1) is 0 Å². The third kappa shape index (κ3) is 2.55. The van der Waals surface area contributed by atoms with Crippen molar-refractivity contribution < 1.29 is 13.2 Å². The molecule has 0 aliphatic heterocycles. The molecule has 2 N–H and O–H groups in total. The summed E-state index contributed by atoms with van der Waals surface area (Å²) in [7, 11) is 0. The van der Waals surface area contributed by atoms with Crippen LogP contribution in [0.15, 0.2) is 46.2 Å². The highest BCUT2D eigenvalue weighted by molar-refractivity contribution is 7.99. The van der Waals surface area contributed by atoms with Gasteiger partial charge in [0.05, 0.1) is 5.69 Å². The molecular formula is C12H8F3NS. The zero-order valence-electron chi connectivity index (χ0n) is 8.58. The Bertz CT molecular complexity index is 557. The van der Waals surface area contributed by atoms with Gasteiger partial charge in [-0.3, -0.25) is 0 Å². The van der Waals surface area contributed by atoms with Crippen molar-refractivity contribution in [1.82, 2.24) is 0 Å². The van der Waals surface area contributed by atoms with Crippen molar-refractivity contribution in [3.05, 3.63) is 53.8 Å². The minimum absolute atomic E-state index is 0.160. The maximum absolute atomic E-state index is 13.4. The van der Waals surface area contributed by atoms with Crippen LogP contribution in [0, 0.1) is 17.5 Å². The molecule has 1 nitrogen and oxygen atoms in total. The second kappa shape index (κ2) is 4.71. The third-order valence-electron chi connectivity index (χ3n) is 2.11. The Morgan fingerprint density at radius 1 is 0.882 bits per heavy atom. The molecule has 0 heterocycles. The standard InChI is InChI=1S/C12H8F3NS/c13-7-5-9(15)12(16)11(6-7)17-10-4-2-1-3-8(10)14/h1-6H,16H2. The van der Waals surface area contributed by atoms with Crippen molar-refractivity contribution in [2.24, 2.45) is 0 Å². The molecule has 0 fully saturated rings. The van der Waals surface area contributed by atoms with E-state index in [4.69, 9.17) is 5.73 Å². The number of hydrogen-bond acceptors (Lipinski definition) is 2. The molecule has 0 atom stereocenters. The summed E-state index contributed by atoms with van der Waals surface area (Å²) in [6.45, 7) is 0. The van der Waals surface area contributed by atoms with Crippen LogP contribution in [0.5, 0.6) is 0 Å². The van der Waals surface area contributed by atoms with Crippen LogP contribution in [0.1, 0.15) is 0 Å². The fourth-order valence-electron chi connectivity index (χ4n) is 1.29. The van der Waals surface area contributed by atoms with Crippen molar-refractivity contribution in [3.8, 4) is 0 Å². The number of nitrogen functional groups attached to an aromatic ring is 1. The zero-order valence-corrected chi connectivity index (χ0v) is 9.40. The van der Waals surface area contributed by atoms with E-state index in [-0.39, 0.29) is 15.5 Å². The summed E-state index contributed by atoms with van der Waals surface area (Å²) in [4.78, 5) is 0.428. The number of halogens is 3. The predicted octanol–water partition coefficient (Wildman–Crippen LogP) is 3.84. The smallest absolute Gasteiger partial charge is 0.150 e. The van der Waals surface area contributed by atoms with Gasteiger partial charge in [0.1, 0.15) is 17.5 Å². The molecule has 0 radical (unpaired) electrons. The van der Waals surface area contributed by atoms with Crippen LogP contribution < -0.4 is 5.73 Å². The Labute approximate surface area is 100 Å². The minimum Gasteiger partial charge on any atom is -0.395 e. The van der Waals surface area contributed by atoms with E-state index >= 15 is 0 Å². The van der Waals surface area contributed by atoms with Gasteiger partial charge in [0.2, 0.25) is 0 Å². The largest absolute Gasteiger partial charge is 0.395 e. The number of hydrogen-bond donors (Lipinski definition) is 1. The summed E-state index contributed by atoms with van der Waals surface area (Å²) in [6, 6.07) is 7.73. The second-order valence-corrected chi connectivity index (χ2v) is 4.42. The molecule has 0 spiro atoms. The normalized spacial score (nSPS) is 10.5. The Hall–Kier alpha value is -1.62. The predicted molar refractivity (Wildman–Crippen MR) is 61.3 cm³/mol. The van der Waals surface area contributed by atoms with Crippen LogP contribution in [0.3, 0.4) is 0 Å². The molecular weight excluding hydrogens is 247 g/mol. The molecule has 2 rings (SSSR count). The van der Waals surface area contributed by atoms with Gasteiger partial charge in [0.15, 0.2) is 0 Å². The lowest BCUT2D eigenvalue weighted by Crippen LogP contribution is -1.95. The van der Waals surface area contributed by atoms with E-state index < -0.39 is 17.5 Å². The average molecular weight is 255 g/mol. The van der Waals surface area contributed by atoms with Gasteiger partial charge in [-0.05, 0) is 18.2 Å². The first-order valence-corrected chi connectivity index (χ1v) is 5.56. The van der Waals surface area contributed by atoms with Gasteiger partial charge in [0, 0.05) is 15.9 Å². The highest BCUT2D eigenvalue weighted by atomic mass is 32.2. The van der Waals surface area contributed by atoms with E-state index in [2.05, 4.69) is 0 Å². The number of anilines is 1. The van der Waals surface area contributed by atoms with Crippen LogP contribution in [-0.4, -0.2) is 0 Å². The quantitative estimate of drug-likeness (QED) is 0.825. The summed E-state index contributed by atoms with van der Waals surface area (Å²) in [6.07, 6.45) is 0. The lowest BCUT2D eigenvalue weighted by Gasteiger charge is -2.07. The van der Waals surface area contributed by atoms with Gasteiger partial charge in [-0.1, -0.05) is 23.9 Å². The topological polar surface area (TPSA) is 26.0 Å². The average Bonchev–Trinajstić information content (AvgIpc) is 2.28. The van der Waals surface area contributed by atoms with Crippen molar-refractivity contribution in [1.29, 1.82) is 0 Å². The maximum atomic E-state index is 13.4. The molecule has 0 amide bonds. The van der Waals surface area contributed by atoms with Crippen LogP contribution in [-0.2, 0) is 0 Å². The number of rotatable bonds is 2. The minimum atomic E-state index is -0.844. The number of benzene rings is 2. The van der Waals surface area contributed by atoms with Crippen LogP contribution in [0.2, 0.25) is 0 Å². The van der Waals surface area contributed by atoms with Crippen molar-refractivity contribution in [2.75, 3.05) is 5.73 Å². The van der Waals surface area contributed by atoms with Gasteiger partial charge < -0.3 is 5.73 Å². The van der Waals surface area contributed by atoms with E-state index in [1.54, 1.807) is 6.07 Å². The molecule has 0 aromatic heterocycles. The molecule has 5 heteroatoms. The lowest BCUT2D eigenvalue weighted by atomic mass is 10.3. The Morgan fingerprint density at radius 3 is 2.29 bits per heavy atom. The fraction of sp³-hybridized carbons (Fsp3) is 0. The van der Waals surface area contributed by atoms with Gasteiger partial charge >= 0.3 is 0 Å². The van der Waals surface area contributed by atoms with Gasteiger partial charge in [-0.2, -0.15) is 0 Å². The van der Waals surface area contributed by atoms with E-state index in [1.165, 1.54) is 18.2 Å². The SMILES string of the molecule is Nc1c(F)cc(F)cc1Sc1ccccc1F. The summed E-state index contributed by atoms with van der Waals surface area (Å²) < 4.78 is 39.5. The lowest BCUT2D eigenvalue weighted by molar-refractivity contribution is 0.580. The van der Waals surface area contributed by atoms with Crippen molar-refractivity contribution >= 4 is 17.4 Å². The van der Waals surface area contributed by atoms with E-state index in [1.807, 2.05) is 0 Å². The molecule has 2 aromatic rings. The van der Waals surface area contributed by atoms with Gasteiger partial charge in [-0.25, -0.2) is 13.2 Å². The molecule has 0 saturated carbocycles. The second-order valence-electron chi connectivity index (χ2n) is 3.33. The fourth-order valence-corrected chi connectivity index (χ4v) is 2.22. The molecule has 17 heavy (non-hydrogen) atoms. The zero-order chi connectivity index (χ0) is 12.4. The maximum Gasteiger partial charge on any atom is 0.150 e. The van der Waals surface area contributed by atoms with Crippen LogP contribution in [0.4, 0.5) is 18.9 Å². The first kappa shape index (κ1) is 11.9. The molecule has 0 bridgehead atoms. The van der Waals surface area contributed by atoms with E-state index in [0.717, 1.165) is 17.8 Å². The third-order valence-corrected chi connectivity index (χ3v) is 3.22. The summed E-state index contributed by atoms with van der Waals surface area (Å²) in [5, 5.41) is 0. The molecule has 0 saturated heterocycles. The van der Waals surface area contributed by atoms with Crippen LogP contribution >= 0.6 is 11.8 Å². The summed E-state index contributed by atoms with van der Waals surface area (Å²) in [5.41, 5.74) is 5.28. The molecule has 0 aliphatic carbocycles. The Kier molecular flexibility index (Phi) is 3.28. The summed E-state index contributed by atoms with van der Waals surface area (Å²) in [5.74, 6) is -2.04. The molecule has 2 aromatic carbocycles. The highest BCUT2D eigenvalue weighted by Crippen LogP contribution is 2.35. The first-order chi connectivity index (χ1) is 8.08. The Morgan fingerprint density at radius 2 is 1.59 bits per heavy atom. The molecule has 0 aliphatic rings. The number of nitrogens with two attached hydrogens (primary N) is 1. The molecule has 0 unspecified atom stereocenters. The van der Waals surface area contributed by atoms with Crippen LogP contribution in [0.25, 0.3) is 0 Å². The monoisotopic (exact) mass is 255 g/mol. The van der Waals surface area contributed by atoms with Crippen molar-refractivity contribution in [2.45, 2.75) is 9.79 Å². The first-order valence-electron chi connectivity index (χ1n) is 4.75. The van der Waals surface area contributed by atoms with E-state index in [0.29, 0.717) is 6.07 Å². The summed E-state index contributed by atoms with van der Waals surface area (Å²) >= 11 is 0.889. The Balaban J connectivity index is 2.40. The van der Waals surface area contributed by atoms with Gasteiger partial charge in [0.25, 0.3) is 0 Å². The molecule has 88 valence electrons. The highest BCUT2D eigenvalue weighted by Gasteiger charge is 2.11.